The van der Waals surface area contributed by atoms with Crippen LogP contribution in [-0.4, -0.2) is 30.6 Å². The molecule has 0 fully saturated rings. The molecule has 0 aliphatic carbocycles. The zero-order chi connectivity index (χ0) is 27.5. The minimum Gasteiger partial charge on any atom is -0.464 e. The number of hydrogen-bond donors (Lipinski definition) is 1. The molecule has 1 aromatic carbocycles. The fourth-order valence-electron chi connectivity index (χ4n) is 3.62. The maximum Gasteiger partial charge on any atom is 0.323 e. The van der Waals surface area contributed by atoms with E-state index in [1.165, 1.54) is 0 Å². The van der Waals surface area contributed by atoms with Gasteiger partial charge >= 0.3 is 5.97 Å². The summed E-state index contributed by atoms with van der Waals surface area (Å²) in [4.78, 5) is 29.1. The van der Waals surface area contributed by atoms with E-state index in [2.05, 4.69) is 78.9 Å². The molecule has 0 amide bonds. The van der Waals surface area contributed by atoms with Crippen LogP contribution in [0.2, 0.25) is 0 Å². The predicted molar refractivity (Wildman–Crippen MR) is 152 cm³/mol. The summed E-state index contributed by atoms with van der Waals surface area (Å²) in [5.41, 5.74) is 5.57. The van der Waals surface area contributed by atoms with Crippen LogP contribution in [-0.2, 0) is 20.9 Å². The number of esters is 1. The van der Waals surface area contributed by atoms with Gasteiger partial charge in [-0.15, -0.1) is 0 Å². The fourth-order valence-corrected chi connectivity index (χ4v) is 3.62. The number of aliphatic imine (C=N–C) groups is 1. The lowest BCUT2D eigenvalue weighted by Gasteiger charge is -2.23. The van der Waals surface area contributed by atoms with Gasteiger partial charge in [0.1, 0.15) is 12.3 Å². The first-order valence-corrected chi connectivity index (χ1v) is 13.2. The lowest BCUT2D eigenvalue weighted by Crippen LogP contribution is -2.39. The molecule has 5 heteroatoms. The van der Waals surface area contributed by atoms with Gasteiger partial charge in [0.2, 0.25) is 0 Å². The van der Waals surface area contributed by atoms with Gasteiger partial charge in [-0.2, -0.15) is 0 Å². The molecule has 1 rings (SSSR count). The zero-order valence-electron chi connectivity index (χ0n) is 24.2. The van der Waals surface area contributed by atoms with Gasteiger partial charge in [-0.1, -0.05) is 66.7 Å². The molecule has 2 atom stereocenters. The molecule has 0 saturated heterocycles. The molecule has 0 spiro atoms. The summed E-state index contributed by atoms with van der Waals surface area (Å²) < 4.78 is 5.61. The third-order valence-corrected chi connectivity index (χ3v) is 5.96. The molecule has 0 radical (unpaired) electrons. The number of benzene rings is 1. The molecular weight excluding hydrogens is 448 g/mol. The summed E-state index contributed by atoms with van der Waals surface area (Å²) in [6, 6.07) is 5.87. The van der Waals surface area contributed by atoms with Gasteiger partial charge in [0.15, 0.2) is 0 Å². The van der Waals surface area contributed by atoms with Crippen molar-refractivity contribution in [2.24, 2.45) is 22.2 Å². The number of carbonyl (C=O) groups excluding carboxylic acids is 2. The van der Waals surface area contributed by atoms with Crippen molar-refractivity contribution in [2.45, 2.75) is 94.7 Å². The molecule has 2 unspecified atom stereocenters. The zero-order valence-corrected chi connectivity index (χ0v) is 24.2. The number of nitrogens with one attached hydrogen (secondary N) is 1. The maximum atomic E-state index is 12.8. The minimum atomic E-state index is -0.359. The van der Waals surface area contributed by atoms with E-state index in [4.69, 9.17) is 9.73 Å². The third kappa shape index (κ3) is 11.0. The Hall–Kier alpha value is -2.53. The second-order valence-corrected chi connectivity index (χ2v) is 11.4. The first-order chi connectivity index (χ1) is 16.8. The quantitative estimate of drug-likeness (QED) is 0.102. The van der Waals surface area contributed by atoms with E-state index in [0.29, 0.717) is 31.1 Å². The van der Waals surface area contributed by atoms with E-state index in [1.54, 1.807) is 0 Å². The fraction of sp³-hybridized carbons (Fsp3) is 0.581. The van der Waals surface area contributed by atoms with Gasteiger partial charge in [-0.05, 0) is 85.3 Å². The highest BCUT2D eigenvalue weighted by atomic mass is 16.5. The summed E-state index contributed by atoms with van der Waals surface area (Å²) in [5, 5.41) is 3.42. The Balaban J connectivity index is 3.23. The van der Waals surface area contributed by atoms with E-state index in [9.17, 15) is 9.59 Å². The number of nitrogens with zero attached hydrogens (tertiary/aromatic N) is 1. The van der Waals surface area contributed by atoms with Crippen molar-refractivity contribution in [1.82, 2.24) is 5.32 Å². The summed E-state index contributed by atoms with van der Waals surface area (Å²) in [5.74, 6) is 0.405. The lowest BCUT2D eigenvalue weighted by molar-refractivity contribution is -0.149. The van der Waals surface area contributed by atoms with Gasteiger partial charge in [0, 0.05) is 6.54 Å². The van der Waals surface area contributed by atoms with E-state index >= 15 is 0 Å². The van der Waals surface area contributed by atoms with Crippen molar-refractivity contribution in [3.05, 3.63) is 52.6 Å². The van der Waals surface area contributed by atoms with Crippen LogP contribution in [0.25, 0.3) is 0 Å². The van der Waals surface area contributed by atoms with E-state index < -0.39 is 0 Å². The monoisotopic (exact) mass is 496 g/mol. The van der Waals surface area contributed by atoms with Crippen molar-refractivity contribution < 1.29 is 14.3 Å². The summed E-state index contributed by atoms with van der Waals surface area (Å²) in [6.07, 6.45) is 6.44. The van der Waals surface area contributed by atoms with E-state index in [0.717, 1.165) is 40.8 Å². The molecule has 0 aliphatic heterocycles. The lowest BCUT2D eigenvalue weighted by atomic mass is 9.94. The smallest absolute Gasteiger partial charge is 0.323 e. The molecule has 36 heavy (non-hydrogen) atoms. The standard InChI is InChI=1S/C31H48N2O3/c1-11-23(6)29(26(12-2)16-22(5)19-34)33-27-17-25(14-13-24(27)7)18-32-28(15-21(3)4)30(35)36-20-31(8,9)10/h12-14,16-17,19,21,23,28,32H,11,15,18,20H2,1-10H3/b22-16-,26-12+,33-29+. The van der Waals surface area contributed by atoms with Crippen LogP contribution >= 0.6 is 0 Å². The van der Waals surface area contributed by atoms with Crippen molar-refractivity contribution in [3.63, 3.8) is 0 Å². The summed E-state index contributed by atoms with van der Waals surface area (Å²) >= 11 is 0. The van der Waals surface area contributed by atoms with Gasteiger partial charge in [-0.25, -0.2) is 0 Å². The van der Waals surface area contributed by atoms with Crippen LogP contribution in [0.1, 0.15) is 86.3 Å². The first kappa shape index (κ1) is 31.5. The molecule has 0 aromatic heterocycles. The van der Waals surface area contributed by atoms with Gasteiger partial charge in [-0.3, -0.25) is 14.6 Å². The molecule has 5 nitrogen and oxygen atoms in total. The Morgan fingerprint density at radius 3 is 2.39 bits per heavy atom. The highest BCUT2D eigenvalue weighted by molar-refractivity contribution is 6.06. The highest BCUT2D eigenvalue weighted by Crippen LogP contribution is 2.25. The SMILES string of the molecule is C/C=C(\C=C(\C)C=O)C(=N/c1cc(CNC(CC(C)C)C(=O)OCC(C)(C)C)ccc1C)/C(C)CC. The summed E-state index contributed by atoms with van der Waals surface area (Å²) in [6.45, 7) is 21.5. The van der Waals surface area contributed by atoms with Crippen molar-refractivity contribution in [3.8, 4) is 0 Å². The number of allylic oxidation sites excluding steroid dienone is 4. The van der Waals surface area contributed by atoms with Gasteiger partial charge in [0.05, 0.1) is 18.0 Å². The molecule has 0 bridgehead atoms. The highest BCUT2D eigenvalue weighted by Gasteiger charge is 2.23. The molecule has 1 N–H and O–H groups in total. The third-order valence-electron chi connectivity index (χ3n) is 5.96. The van der Waals surface area contributed by atoms with Crippen LogP contribution < -0.4 is 5.32 Å². The van der Waals surface area contributed by atoms with Crippen LogP contribution in [0.3, 0.4) is 0 Å². The molecule has 0 saturated carbocycles. The number of aldehydes is 1. The molecule has 200 valence electrons. The van der Waals surface area contributed by atoms with Crippen molar-refractivity contribution in [2.75, 3.05) is 6.61 Å². The van der Waals surface area contributed by atoms with Crippen LogP contribution in [0.15, 0.2) is 46.5 Å². The Labute approximate surface area is 219 Å². The average Bonchev–Trinajstić information content (AvgIpc) is 2.82. The predicted octanol–water partition coefficient (Wildman–Crippen LogP) is 7.30. The number of rotatable bonds is 13. The van der Waals surface area contributed by atoms with Crippen LogP contribution in [0.5, 0.6) is 0 Å². The van der Waals surface area contributed by atoms with E-state index in [1.807, 2.05) is 26.0 Å². The summed E-state index contributed by atoms with van der Waals surface area (Å²) in [7, 11) is 0. The topological polar surface area (TPSA) is 67.8 Å². The largest absolute Gasteiger partial charge is 0.464 e. The molecule has 0 aliphatic rings. The van der Waals surface area contributed by atoms with Gasteiger partial charge < -0.3 is 10.1 Å². The Morgan fingerprint density at radius 2 is 1.86 bits per heavy atom. The first-order valence-electron chi connectivity index (χ1n) is 13.2. The normalized spacial score (nSPS) is 15.1. The number of ether oxygens (including phenoxy) is 1. The Morgan fingerprint density at radius 1 is 1.19 bits per heavy atom. The van der Waals surface area contributed by atoms with Gasteiger partial charge in [0.25, 0.3) is 0 Å². The second kappa shape index (κ2) is 14.9. The Kier molecular flexibility index (Phi) is 13.0. The van der Waals surface area contributed by atoms with Crippen molar-refractivity contribution >= 4 is 23.7 Å². The van der Waals surface area contributed by atoms with E-state index in [-0.39, 0.29) is 23.3 Å². The number of carbonyl (C=O) groups is 2. The number of hydrogen-bond acceptors (Lipinski definition) is 5. The van der Waals surface area contributed by atoms with Crippen LogP contribution in [0, 0.1) is 24.2 Å². The molecular formula is C31H48N2O3. The number of aryl methyl sites for hydroxylation is 1. The van der Waals surface area contributed by atoms with Crippen molar-refractivity contribution in [1.29, 1.82) is 0 Å². The Bertz CT molecular complexity index is 965. The molecule has 1 aromatic rings. The maximum absolute atomic E-state index is 12.8. The molecule has 0 heterocycles. The average molecular weight is 497 g/mol. The van der Waals surface area contributed by atoms with Crippen LogP contribution in [0.4, 0.5) is 5.69 Å². The second-order valence-electron chi connectivity index (χ2n) is 11.4. The minimum absolute atomic E-state index is 0.0690.